The molecular weight excluding hydrogens is 200 g/mol. The fourth-order valence-electron chi connectivity index (χ4n) is 1.88. The van der Waals surface area contributed by atoms with Gasteiger partial charge in [0.2, 0.25) is 0 Å². The normalized spacial score (nSPS) is 11.4. The second-order valence-corrected chi connectivity index (χ2v) is 5.31. The zero-order chi connectivity index (χ0) is 12.3. The molecule has 0 aliphatic rings. The molecule has 0 atom stereocenters. The Bertz CT molecular complexity index is 323. The summed E-state index contributed by atoms with van der Waals surface area (Å²) in [5.74, 6) is 1.42. The third-order valence-corrected chi connectivity index (χ3v) is 2.54. The summed E-state index contributed by atoms with van der Waals surface area (Å²) in [6, 6.07) is 3.40. The van der Waals surface area contributed by atoms with E-state index in [0.29, 0.717) is 11.8 Å². The molecule has 0 aromatic heterocycles. The third-order valence-electron chi connectivity index (χ3n) is 2.54. The lowest BCUT2D eigenvalue weighted by molar-refractivity contribution is 0.435. The highest BCUT2D eigenvalue weighted by atomic mass is 16.3. The zero-order valence-electron chi connectivity index (χ0n) is 10.6. The van der Waals surface area contributed by atoms with E-state index in [1.807, 2.05) is 6.07 Å². The van der Waals surface area contributed by atoms with Crippen molar-refractivity contribution >= 4 is 0 Å². The van der Waals surface area contributed by atoms with Crippen molar-refractivity contribution in [1.82, 2.24) is 0 Å². The Hall–Kier alpha value is -1.18. The molecule has 2 N–H and O–H groups in total. The topological polar surface area (TPSA) is 40.5 Å². The zero-order valence-corrected chi connectivity index (χ0v) is 10.6. The predicted octanol–water partition coefficient (Wildman–Crippen LogP) is 3.49. The summed E-state index contributed by atoms with van der Waals surface area (Å²) in [6.45, 7) is 8.48. The Balaban J connectivity index is 3.01. The molecular formula is C14H22O2. The fourth-order valence-corrected chi connectivity index (χ4v) is 1.88. The maximum atomic E-state index is 9.74. The van der Waals surface area contributed by atoms with Crippen LogP contribution in [0.25, 0.3) is 0 Å². The number of hydrogen-bond acceptors (Lipinski definition) is 2. The number of hydrogen-bond donors (Lipinski definition) is 2. The largest absolute Gasteiger partial charge is 0.508 e. The standard InChI is InChI=1S/C14H22O2/c1-9(2)5-11-7-12(6-10(3)4)14(16)8-13(11)15/h7-10,15-16H,5-6H2,1-4H3. The van der Waals surface area contributed by atoms with Crippen molar-refractivity contribution in [2.24, 2.45) is 11.8 Å². The van der Waals surface area contributed by atoms with Gasteiger partial charge in [0.15, 0.2) is 0 Å². The van der Waals surface area contributed by atoms with Gasteiger partial charge in [-0.05, 0) is 41.9 Å². The molecule has 0 heterocycles. The molecule has 0 fully saturated rings. The molecule has 1 aromatic carbocycles. The highest BCUT2D eigenvalue weighted by Crippen LogP contribution is 2.30. The lowest BCUT2D eigenvalue weighted by Crippen LogP contribution is -1.99. The fraction of sp³-hybridized carbons (Fsp3) is 0.571. The summed E-state index contributed by atoms with van der Waals surface area (Å²) in [5, 5.41) is 19.5. The van der Waals surface area contributed by atoms with Crippen LogP contribution in [0.5, 0.6) is 11.5 Å². The first-order valence-corrected chi connectivity index (χ1v) is 5.93. The molecule has 0 saturated heterocycles. The summed E-state index contributed by atoms with van der Waals surface area (Å²) in [7, 11) is 0. The lowest BCUT2D eigenvalue weighted by Gasteiger charge is -2.13. The number of phenols is 2. The van der Waals surface area contributed by atoms with Gasteiger partial charge in [-0.1, -0.05) is 27.7 Å². The van der Waals surface area contributed by atoms with Crippen LogP contribution in [0.3, 0.4) is 0 Å². The van der Waals surface area contributed by atoms with E-state index in [1.165, 1.54) is 6.07 Å². The van der Waals surface area contributed by atoms with Gasteiger partial charge in [0.25, 0.3) is 0 Å². The second-order valence-electron chi connectivity index (χ2n) is 5.31. The van der Waals surface area contributed by atoms with Crippen LogP contribution in [0.2, 0.25) is 0 Å². The Kier molecular flexibility index (Phi) is 4.22. The van der Waals surface area contributed by atoms with Crippen molar-refractivity contribution in [2.75, 3.05) is 0 Å². The van der Waals surface area contributed by atoms with E-state index in [1.54, 1.807) is 0 Å². The number of phenolic OH excluding ortho intramolecular Hbond substituents is 2. The molecule has 0 radical (unpaired) electrons. The number of aromatic hydroxyl groups is 2. The van der Waals surface area contributed by atoms with Crippen molar-refractivity contribution in [3.63, 3.8) is 0 Å². The smallest absolute Gasteiger partial charge is 0.122 e. The van der Waals surface area contributed by atoms with E-state index < -0.39 is 0 Å². The summed E-state index contributed by atoms with van der Waals surface area (Å²) in [6.07, 6.45) is 1.69. The van der Waals surface area contributed by atoms with Gasteiger partial charge in [-0.25, -0.2) is 0 Å². The molecule has 90 valence electrons. The Morgan fingerprint density at radius 1 is 0.812 bits per heavy atom. The van der Waals surface area contributed by atoms with Gasteiger partial charge in [-0.2, -0.15) is 0 Å². The van der Waals surface area contributed by atoms with Crippen molar-refractivity contribution < 1.29 is 10.2 Å². The monoisotopic (exact) mass is 222 g/mol. The molecule has 16 heavy (non-hydrogen) atoms. The van der Waals surface area contributed by atoms with Crippen molar-refractivity contribution in [3.05, 3.63) is 23.3 Å². The van der Waals surface area contributed by atoms with Gasteiger partial charge in [0.05, 0.1) is 0 Å². The maximum Gasteiger partial charge on any atom is 0.122 e. The first kappa shape index (κ1) is 12.9. The van der Waals surface area contributed by atoms with E-state index >= 15 is 0 Å². The van der Waals surface area contributed by atoms with Crippen LogP contribution in [0.4, 0.5) is 0 Å². The summed E-state index contributed by atoms with van der Waals surface area (Å²) in [5.41, 5.74) is 1.87. The van der Waals surface area contributed by atoms with Gasteiger partial charge in [-0.3, -0.25) is 0 Å². The molecule has 0 aliphatic heterocycles. The Morgan fingerprint density at radius 3 is 1.50 bits per heavy atom. The number of rotatable bonds is 4. The first-order valence-electron chi connectivity index (χ1n) is 5.93. The molecule has 2 nitrogen and oxygen atoms in total. The minimum absolute atomic E-state index is 0.207. The molecule has 0 bridgehead atoms. The van der Waals surface area contributed by atoms with Crippen LogP contribution >= 0.6 is 0 Å². The average Bonchev–Trinajstić information content (AvgIpc) is 2.11. The van der Waals surface area contributed by atoms with E-state index in [9.17, 15) is 10.2 Å². The highest BCUT2D eigenvalue weighted by molar-refractivity contribution is 5.45. The molecule has 0 amide bonds. The Labute approximate surface area is 97.9 Å². The molecule has 0 unspecified atom stereocenters. The van der Waals surface area contributed by atoms with Crippen LogP contribution in [0, 0.1) is 11.8 Å². The highest BCUT2D eigenvalue weighted by Gasteiger charge is 2.11. The summed E-state index contributed by atoms with van der Waals surface area (Å²) in [4.78, 5) is 0. The number of benzene rings is 1. The summed E-state index contributed by atoms with van der Waals surface area (Å²) >= 11 is 0. The van der Waals surface area contributed by atoms with Gasteiger partial charge < -0.3 is 10.2 Å². The lowest BCUT2D eigenvalue weighted by atomic mass is 9.95. The molecule has 2 heteroatoms. The van der Waals surface area contributed by atoms with Crippen LogP contribution in [-0.4, -0.2) is 10.2 Å². The van der Waals surface area contributed by atoms with Gasteiger partial charge in [0.1, 0.15) is 11.5 Å². The third kappa shape index (κ3) is 3.44. The maximum absolute atomic E-state index is 9.74. The average molecular weight is 222 g/mol. The molecule has 1 aromatic rings. The van der Waals surface area contributed by atoms with E-state index in [-0.39, 0.29) is 11.5 Å². The van der Waals surface area contributed by atoms with E-state index in [2.05, 4.69) is 27.7 Å². The van der Waals surface area contributed by atoms with Crippen LogP contribution in [-0.2, 0) is 12.8 Å². The van der Waals surface area contributed by atoms with Crippen LogP contribution in [0.1, 0.15) is 38.8 Å². The van der Waals surface area contributed by atoms with Crippen molar-refractivity contribution in [2.45, 2.75) is 40.5 Å². The molecule has 0 saturated carbocycles. The minimum Gasteiger partial charge on any atom is -0.508 e. The summed E-state index contributed by atoms with van der Waals surface area (Å²) < 4.78 is 0. The van der Waals surface area contributed by atoms with Gasteiger partial charge >= 0.3 is 0 Å². The van der Waals surface area contributed by atoms with E-state index in [0.717, 1.165) is 24.0 Å². The molecule has 1 rings (SSSR count). The molecule has 0 aliphatic carbocycles. The van der Waals surface area contributed by atoms with Crippen molar-refractivity contribution in [1.29, 1.82) is 0 Å². The second kappa shape index (κ2) is 5.24. The predicted molar refractivity (Wildman–Crippen MR) is 66.9 cm³/mol. The van der Waals surface area contributed by atoms with Crippen LogP contribution in [0.15, 0.2) is 12.1 Å². The van der Waals surface area contributed by atoms with Gasteiger partial charge in [0, 0.05) is 6.07 Å². The van der Waals surface area contributed by atoms with E-state index in [4.69, 9.17) is 0 Å². The SMILES string of the molecule is CC(C)Cc1cc(CC(C)C)c(O)cc1O. The van der Waals surface area contributed by atoms with Crippen molar-refractivity contribution in [3.8, 4) is 11.5 Å². The minimum atomic E-state index is 0.207. The van der Waals surface area contributed by atoms with Gasteiger partial charge in [-0.15, -0.1) is 0 Å². The Morgan fingerprint density at radius 2 is 1.19 bits per heavy atom. The van der Waals surface area contributed by atoms with Crippen LogP contribution < -0.4 is 0 Å². The first-order chi connectivity index (χ1) is 7.40. The quantitative estimate of drug-likeness (QED) is 0.818. The molecule has 0 spiro atoms.